The third-order valence-corrected chi connectivity index (χ3v) is 8.74. The molecule has 3 fully saturated rings. The van der Waals surface area contributed by atoms with Crippen LogP contribution >= 0.6 is 0 Å². The molecule has 2 bridgehead atoms. The standard InChI is InChI=1S/C30H38O12/c1-16(31)37-15-29-23(41-26(35)20-11-9-8-10-12-20)13-21-24(39-18(3)33)30(29,42-27(21,5)6)28(7,36)14-22(38-17(2)32)25(29)40-19(4)34/h8-12,21-25,36H,13-15H2,1-7H3. The number of fused-ring (bicyclic) bond motifs is 1. The van der Waals surface area contributed by atoms with Crippen molar-refractivity contribution in [3.63, 3.8) is 0 Å². The van der Waals surface area contributed by atoms with Crippen LogP contribution in [0.5, 0.6) is 0 Å². The molecule has 4 rings (SSSR count). The van der Waals surface area contributed by atoms with Gasteiger partial charge >= 0.3 is 29.8 Å². The monoisotopic (exact) mass is 590 g/mol. The number of hydrogen-bond acceptors (Lipinski definition) is 12. The predicted octanol–water partition coefficient (Wildman–Crippen LogP) is 2.28. The molecule has 1 aromatic rings. The first kappa shape index (κ1) is 31.4. The first-order chi connectivity index (χ1) is 19.5. The second-order valence-electron chi connectivity index (χ2n) is 12.0. The van der Waals surface area contributed by atoms with Gasteiger partial charge in [-0.2, -0.15) is 0 Å². The summed E-state index contributed by atoms with van der Waals surface area (Å²) in [6.45, 7) is 8.97. The molecule has 0 aromatic heterocycles. The Morgan fingerprint density at radius 1 is 0.833 bits per heavy atom. The molecular formula is C30H38O12. The summed E-state index contributed by atoms with van der Waals surface area (Å²) in [5.74, 6) is -4.29. The van der Waals surface area contributed by atoms with Crippen LogP contribution in [0.3, 0.4) is 0 Å². The Hall–Kier alpha value is -3.51. The number of carbonyl (C=O) groups excluding carboxylic acids is 5. The minimum absolute atomic E-state index is 0.00677. The van der Waals surface area contributed by atoms with E-state index < -0.39 is 89.0 Å². The summed E-state index contributed by atoms with van der Waals surface area (Å²) < 4.78 is 35.9. The zero-order chi connectivity index (χ0) is 31.3. The van der Waals surface area contributed by atoms with Gasteiger partial charge in [-0.1, -0.05) is 18.2 Å². The molecule has 42 heavy (non-hydrogen) atoms. The Morgan fingerprint density at radius 3 is 1.95 bits per heavy atom. The Labute approximate surface area is 243 Å². The fourth-order valence-corrected chi connectivity index (χ4v) is 7.39. The Balaban J connectivity index is 2.06. The molecule has 1 saturated heterocycles. The number of benzene rings is 1. The molecule has 8 atom stereocenters. The normalized spacial score (nSPS) is 36.1. The molecule has 0 radical (unpaired) electrons. The molecule has 0 amide bonds. The quantitative estimate of drug-likeness (QED) is 0.365. The molecule has 3 aliphatic rings. The van der Waals surface area contributed by atoms with Crippen molar-refractivity contribution < 1.29 is 57.5 Å². The van der Waals surface area contributed by atoms with Crippen LogP contribution in [0.15, 0.2) is 30.3 Å². The average molecular weight is 591 g/mol. The number of ether oxygens (including phenoxy) is 6. The summed E-state index contributed by atoms with van der Waals surface area (Å²) in [5, 5.41) is 12.4. The molecule has 8 unspecified atom stereocenters. The van der Waals surface area contributed by atoms with E-state index in [1.165, 1.54) is 13.8 Å². The first-order valence-electron chi connectivity index (χ1n) is 13.8. The summed E-state index contributed by atoms with van der Waals surface area (Å²) >= 11 is 0. The highest BCUT2D eigenvalue weighted by Gasteiger charge is 2.86. The van der Waals surface area contributed by atoms with Gasteiger partial charge in [0, 0.05) is 40.0 Å². The fourth-order valence-electron chi connectivity index (χ4n) is 7.39. The zero-order valence-electron chi connectivity index (χ0n) is 24.8. The number of esters is 5. The highest BCUT2D eigenvalue weighted by Crippen LogP contribution is 2.69. The van der Waals surface area contributed by atoms with Gasteiger partial charge in [0.1, 0.15) is 30.3 Å². The molecule has 230 valence electrons. The van der Waals surface area contributed by atoms with Gasteiger partial charge in [-0.05, 0) is 39.3 Å². The first-order valence-corrected chi connectivity index (χ1v) is 13.8. The summed E-state index contributed by atoms with van der Waals surface area (Å²) in [4.78, 5) is 63.3. The van der Waals surface area contributed by atoms with E-state index in [0.29, 0.717) is 0 Å². The highest BCUT2D eigenvalue weighted by molar-refractivity contribution is 5.89. The van der Waals surface area contributed by atoms with E-state index >= 15 is 0 Å². The van der Waals surface area contributed by atoms with Gasteiger partial charge < -0.3 is 33.5 Å². The van der Waals surface area contributed by atoms with Gasteiger partial charge in [-0.15, -0.1) is 0 Å². The van der Waals surface area contributed by atoms with Crippen LogP contribution < -0.4 is 0 Å². The smallest absolute Gasteiger partial charge is 0.338 e. The number of aliphatic hydroxyl groups is 1. The lowest BCUT2D eigenvalue weighted by molar-refractivity contribution is -0.355. The van der Waals surface area contributed by atoms with Crippen LogP contribution in [0.4, 0.5) is 0 Å². The van der Waals surface area contributed by atoms with Crippen LogP contribution in [0.1, 0.15) is 71.7 Å². The summed E-state index contributed by atoms with van der Waals surface area (Å²) in [6, 6.07) is 8.15. The molecule has 1 N–H and O–H groups in total. The number of hydrogen-bond donors (Lipinski definition) is 1. The molecule has 1 aromatic carbocycles. The Kier molecular flexibility index (Phi) is 8.20. The molecule has 2 saturated carbocycles. The van der Waals surface area contributed by atoms with Gasteiger partial charge in [0.2, 0.25) is 0 Å². The SMILES string of the molecule is CC(=O)OCC12C(OC(=O)c3ccccc3)CC3C(OC(C)=O)C1(OC3(C)C)C(C)(O)CC(OC(C)=O)C2OC(C)=O. The third kappa shape index (κ3) is 5.04. The summed E-state index contributed by atoms with van der Waals surface area (Å²) in [7, 11) is 0. The van der Waals surface area contributed by atoms with Gasteiger partial charge in [0.15, 0.2) is 11.7 Å². The lowest BCUT2D eigenvalue weighted by Crippen LogP contribution is -2.83. The molecule has 2 aliphatic carbocycles. The molecule has 1 spiro atoms. The van der Waals surface area contributed by atoms with Gasteiger partial charge in [-0.25, -0.2) is 4.79 Å². The maximum Gasteiger partial charge on any atom is 0.338 e. The lowest BCUT2D eigenvalue weighted by Gasteiger charge is -2.65. The average Bonchev–Trinajstić information content (AvgIpc) is 3.03. The van der Waals surface area contributed by atoms with Crippen molar-refractivity contribution >= 4 is 29.8 Å². The van der Waals surface area contributed by atoms with Crippen molar-refractivity contribution in [2.75, 3.05) is 6.61 Å². The minimum Gasteiger partial charge on any atom is -0.465 e. The topological polar surface area (TPSA) is 161 Å². The van der Waals surface area contributed by atoms with E-state index in [2.05, 4.69) is 0 Å². The minimum atomic E-state index is -1.98. The van der Waals surface area contributed by atoms with Gasteiger partial charge in [0.25, 0.3) is 0 Å². The van der Waals surface area contributed by atoms with E-state index in [4.69, 9.17) is 28.4 Å². The van der Waals surface area contributed by atoms with E-state index in [1.807, 2.05) is 0 Å². The van der Waals surface area contributed by atoms with Crippen LogP contribution in [0.2, 0.25) is 0 Å². The van der Waals surface area contributed by atoms with Crippen LogP contribution in [0, 0.1) is 11.3 Å². The maximum absolute atomic E-state index is 13.6. The maximum atomic E-state index is 13.6. The van der Waals surface area contributed by atoms with Crippen molar-refractivity contribution in [2.24, 2.45) is 11.3 Å². The summed E-state index contributed by atoms with van der Waals surface area (Å²) in [5.41, 5.74) is -6.76. The second kappa shape index (κ2) is 11.0. The fraction of sp³-hybridized carbons (Fsp3) is 0.633. The second-order valence-corrected chi connectivity index (χ2v) is 12.0. The van der Waals surface area contributed by atoms with E-state index in [-0.39, 0.29) is 18.4 Å². The van der Waals surface area contributed by atoms with Crippen molar-refractivity contribution in [1.82, 2.24) is 0 Å². The highest BCUT2D eigenvalue weighted by atomic mass is 16.6. The van der Waals surface area contributed by atoms with Gasteiger partial charge in [0.05, 0.1) is 16.8 Å². The van der Waals surface area contributed by atoms with E-state index in [1.54, 1.807) is 44.2 Å². The van der Waals surface area contributed by atoms with E-state index in [0.717, 1.165) is 20.8 Å². The largest absolute Gasteiger partial charge is 0.465 e. The zero-order valence-corrected chi connectivity index (χ0v) is 24.8. The lowest BCUT2D eigenvalue weighted by atomic mass is 9.46. The molecule has 1 aliphatic heterocycles. The molecular weight excluding hydrogens is 552 g/mol. The van der Waals surface area contributed by atoms with Crippen molar-refractivity contribution in [2.45, 2.75) is 103 Å². The van der Waals surface area contributed by atoms with Crippen LogP contribution in [-0.2, 0) is 47.6 Å². The number of carbonyl (C=O) groups is 5. The molecule has 12 heteroatoms. The Morgan fingerprint density at radius 2 is 1.40 bits per heavy atom. The number of rotatable bonds is 7. The van der Waals surface area contributed by atoms with Crippen LogP contribution in [-0.4, -0.2) is 82.8 Å². The predicted molar refractivity (Wildman–Crippen MR) is 143 cm³/mol. The Bertz CT molecular complexity index is 1260. The van der Waals surface area contributed by atoms with E-state index in [9.17, 15) is 29.1 Å². The van der Waals surface area contributed by atoms with Gasteiger partial charge in [-0.3, -0.25) is 19.2 Å². The third-order valence-electron chi connectivity index (χ3n) is 8.74. The summed E-state index contributed by atoms with van der Waals surface area (Å²) in [6.07, 6.45) is -5.50. The van der Waals surface area contributed by atoms with Crippen molar-refractivity contribution in [3.05, 3.63) is 35.9 Å². The van der Waals surface area contributed by atoms with Crippen molar-refractivity contribution in [1.29, 1.82) is 0 Å². The van der Waals surface area contributed by atoms with Crippen molar-refractivity contribution in [3.8, 4) is 0 Å². The van der Waals surface area contributed by atoms with Crippen LogP contribution in [0.25, 0.3) is 0 Å². The molecule has 12 nitrogen and oxygen atoms in total. The molecule has 1 heterocycles.